The Morgan fingerprint density at radius 1 is 0.517 bits per heavy atom. The molecule has 2 aliphatic carbocycles. The molecule has 0 fully saturated rings. The molecule has 0 N–H and O–H groups in total. The number of rotatable bonds is 6. The van der Waals surface area contributed by atoms with Crippen molar-refractivity contribution in [1.29, 1.82) is 0 Å². The van der Waals surface area contributed by atoms with Gasteiger partial charge in [-0.2, -0.15) is 0 Å². The van der Waals surface area contributed by atoms with E-state index < -0.39 is 5.54 Å². The summed E-state index contributed by atoms with van der Waals surface area (Å²) in [6.45, 7) is 7.05. The summed E-state index contributed by atoms with van der Waals surface area (Å²) in [5.74, 6) is 1.73. The van der Waals surface area contributed by atoms with E-state index in [1.807, 2.05) is 12.1 Å². The first-order valence-electron chi connectivity index (χ1n) is 20.2. The molecule has 4 nitrogen and oxygen atoms in total. The van der Waals surface area contributed by atoms with Crippen LogP contribution in [0.25, 0.3) is 78.1 Å². The zero-order chi connectivity index (χ0) is 39.0. The third kappa shape index (κ3) is 5.14. The van der Waals surface area contributed by atoms with E-state index in [9.17, 15) is 0 Å². The van der Waals surface area contributed by atoms with E-state index in [2.05, 4.69) is 206 Å². The minimum Gasteiger partial charge on any atom is -0.309 e. The molecule has 0 radical (unpaired) electrons. The zero-order valence-electron chi connectivity index (χ0n) is 32.9. The third-order valence-corrected chi connectivity index (χ3v) is 12.6. The van der Waals surface area contributed by atoms with Crippen LogP contribution in [0, 0.1) is 0 Å². The van der Waals surface area contributed by atoms with Gasteiger partial charge in [-0.1, -0.05) is 172 Å². The van der Waals surface area contributed by atoms with Crippen LogP contribution < -0.4 is 0 Å². The van der Waals surface area contributed by atoms with Gasteiger partial charge in [-0.15, -0.1) is 10.2 Å². The van der Waals surface area contributed by atoms with E-state index in [1.54, 1.807) is 0 Å². The molecular weight excluding hydrogens is 705 g/mol. The maximum absolute atomic E-state index is 4.80. The van der Waals surface area contributed by atoms with E-state index in [0.717, 1.165) is 34.9 Å². The van der Waals surface area contributed by atoms with Crippen molar-refractivity contribution in [3.8, 4) is 50.7 Å². The summed E-state index contributed by atoms with van der Waals surface area (Å²) < 4.78 is 4.76. The monoisotopic (exact) mass is 746 g/mol. The van der Waals surface area contributed by atoms with Gasteiger partial charge in [0.1, 0.15) is 0 Å². The van der Waals surface area contributed by atoms with Gasteiger partial charge in [-0.05, 0) is 88.2 Å². The van der Waals surface area contributed by atoms with Crippen molar-refractivity contribution in [2.75, 3.05) is 0 Å². The Hall–Kier alpha value is -7.04. The van der Waals surface area contributed by atoms with Crippen molar-refractivity contribution >= 4 is 27.4 Å². The smallest absolute Gasteiger partial charge is 0.165 e. The number of hydrogen-bond acceptors (Lipinski definition) is 2. The lowest BCUT2D eigenvalue weighted by molar-refractivity contribution is 0.419. The van der Waals surface area contributed by atoms with Crippen LogP contribution in [-0.2, 0) is 11.0 Å². The first-order valence-corrected chi connectivity index (χ1v) is 20.2. The molecule has 2 heterocycles. The lowest BCUT2D eigenvalue weighted by Gasteiger charge is -2.32. The molecule has 2 aliphatic rings. The minimum absolute atomic E-state index is 0.115. The lowest BCUT2D eigenvalue weighted by Crippen LogP contribution is -2.30. The number of allylic oxidation sites excluding steroid dienone is 4. The highest BCUT2D eigenvalue weighted by molar-refractivity contribution is 6.15. The number of benzene rings is 7. The lowest BCUT2D eigenvalue weighted by atomic mass is 9.78. The molecule has 2 aromatic heterocycles. The zero-order valence-corrected chi connectivity index (χ0v) is 32.9. The molecule has 1 unspecified atom stereocenters. The van der Waals surface area contributed by atoms with Crippen molar-refractivity contribution in [3.63, 3.8) is 0 Å². The Labute approximate surface area is 339 Å². The van der Waals surface area contributed by atoms with Crippen LogP contribution >= 0.6 is 0 Å². The molecular formula is C54H42N4. The molecule has 58 heavy (non-hydrogen) atoms. The maximum atomic E-state index is 4.80. The largest absolute Gasteiger partial charge is 0.309 e. The number of aromatic nitrogens is 4. The van der Waals surface area contributed by atoms with Crippen molar-refractivity contribution in [1.82, 2.24) is 19.3 Å². The number of hydrogen-bond donors (Lipinski definition) is 0. The molecule has 7 aromatic carbocycles. The van der Waals surface area contributed by atoms with Gasteiger partial charge in [0.15, 0.2) is 11.6 Å². The van der Waals surface area contributed by atoms with E-state index >= 15 is 0 Å². The molecule has 0 spiro atoms. The topological polar surface area (TPSA) is 35.6 Å². The molecule has 0 bridgehead atoms. The number of nitrogens with zero attached hydrogens (tertiary/aromatic N) is 4. The Bertz CT molecular complexity index is 3050. The van der Waals surface area contributed by atoms with Crippen LogP contribution in [-0.4, -0.2) is 19.3 Å². The van der Waals surface area contributed by atoms with Crippen LogP contribution in [0.4, 0.5) is 0 Å². The summed E-state index contributed by atoms with van der Waals surface area (Å²) in [6, 6.07) is 61.2. The van der Waals surface area contributed by atoms with Gasteiger partial charge in [0.2, 0.25) is 0 Å². The highest BCUT2D eigenvalue weighted by Gasteiger charge is 2.37. The average molecular weight is 747 g/mol. The summed E-state index contributed by atoms with van der Waals surface area (Å²) in [4.78, 5) is 0. The van der Waals surface area contributed by atoms with E-state index in [1.165, 1.54) is 66.3 Å². The summed E-state index contributed by atoms with van der Waals surface area (Å²) in [5.41, 5.74) is 15.6. The predicted octanol–water partition coefficient (Wildman–Crippen LogP) is 13.4. The van der Waals surface area contributed by atoms with Crippen LogP contribution in [0.2, 0.25) is 0 Å². The second kappa shape index (κ2) is 13.0. The Morgan fingerprint density at radius 3 is 1.81 bits per heavy atom. The minimum atomic E-state index is -0.402. The fourth-order valence-corrected chi connectivity index (χ4v) is 9.83. The summed E-state index contributed by atoms with van der Waals surface area (Å²) >= 11 is 0. The first kappa shape index (κ1) is 34.2. The molecule has 0 amide bonds. The van der Waals surface area contributed by atoms with Crippen molar-refractivity contribution in [3.05, 3.63) is 205 Å². The second-order valence-electron chi connectivity index (χ2n) is 16.5. The van der Waals surface area contributed by atoms with Gasteiger partial charge in [-0.25, -0.2) is 0 Å². The molecule has 0 saturated heterocycles. The SMILES string of the molecule is CC1(C)c2ccccc2-c2cccc(-c3ccc4c(c3)c3c(C5=CCC(C)(n6c(-c7ccccc7)nnc6-c6ccccc6)C=C5)cccc3n4-c3ccccc3)c21. The van der Waals surface area contributed by atoms with Crippen molar-refractivity contribution in [2.24, 2.45) is 0 Å². The Morgan fingerprint density at radius 2 is 1.12 bits per heavy atom. The summed E-state index contributed by atoms with van der Waals surface area (Å²) in [7, 11) is 0. The van der Waals surface area contributed by atoms with Crippen molar-refractivity contribution in [2.45, 2.75) is 38.1 Å². The normalized spacial score (nSPS) is 16.7. The second-order valence-corrected chi connectivity index (χ2v) is 16.5. The van der Waals surface area contributed by atoms with E-state index in [0.29, 0.717) is 0 Å². The van der Waals surface area contributed by atoms with Gasteiger partial charge in [0.05, 0.1) is 16.6 Å². The van der Waals surface area contributed by atoms with Crippen LogP contribution in [0.15, 0.2) is 188 Å². The third-order valence-electron chi connectivity index (χ3n) is 12.6. The summed E-state index contributed by atoms with van der Waals surface area (Å²) in [6.07, 6.45) is 7.87. The molecule has 0 saturated carbocycles. The highest BCUT2D eigenvalue weighted by Crippen LogP contribution is 2.52. The maximum Gasteiger partial charge on any atom is 0.165 e. The fraction of sp³-hybridized carbons (Fsp3) is 0.111. The quantitative estimate of drug-likeness (QED) is 0.170. The Balaban J connectivity index is 1.08. The average Bonchev–Trinajstić information content (AvgIpc) is 3.94. The van der Waals surface area contributed by atoms with Crippen molar-refractivity contribution < 1.29 is 0 Å². The van der Waals surface area contributed by atoms with Crippen LogP contribution in [0.1, 0.15) is 43.9 Å². The van der Waals surface area contributed by atoms with Gasteiger partial charge in [0, 0.05) is 33.0 Å². The summed E-state index contributed by atoms with van der Waals surface area (Å²) in [5, 5.41) is 12.1. The van der Waals surface area contributed by atoms with E-state index in [4.69, 9.17) is 10.2 Å². The molecule has 4 heteroatoms. The van der Waals surface area contributed by atoms with Crippen LogP contribution in [0.3, 0.4) is 0 Å². The first-order chi connectivity index (χ1) is 28.4. The number of fused-ring (bicyclic) bond motifs is 6. The fourth-order valence-electron chi connectivity index (χ4n) is 9.83. The number of para-hydroxylation sites is 1. The highest BCUT2D eigenvalue weighted by atomic mass is 15.3. The standard InChI is InChI=1S/C54H42N4/c1-53(2)46-27-14-13-23-43(46)44-26-15-25-42(50(44)53)39-29-30-47-45(35-39)49-41(24-16-28-48(49)57(47)40-21-11-6-12-22-40)36-31-33-54(3,34-32-36)58-51(37-17-7-4-8-18-37)55-56-52(58)38-19-9-5-10-20-38/h4-33,35H,34H2,1-3H3. The van der Waals surface area contributed by atoms with Gasteiger partial charge in [0.25, 0.3) is 0 Å². The van der Waals surface area contributed by atoms with Gasteiger partial charge < -0.3 is 4.57 Å². The molecule has 9 aromatic rings. The molecule has 0 aliphatic heterocycles. The molecule has 1 atom stereocenters. The predicted molar refractivity (Wildman–Crippen MR) is 240 cm³/mol. The van der Waals surface area contributed by atoms with Gasteiger partial charge >= 0.3 is 0 Å². The van der Waals surface area contributed by atoms with E-state index in [-0.39, 0.29) is 5.41 Å². The molecule has 11 rings (SSSR count). The molecule has 278 valence electrons. The Kier molecular flexibility index (Phi) is 7.68. The van der Waals surface area contributed by atoms with Gasteiger partial charge in [-0.3, -0.25) is 4.57 Å². The van der Waals surface area contributed by atoms with Crippen LogP contribution in [0.5, 0.6) is 0 Å².